The van der Waals surface area contributed by atoms with Gasteiger partial charge in [-0.2, -0.15) is 11.8 Å². The van der Waals surface area contributed by atoms with E-state index in [4.69, 9.17) is 4.42 Å². The molecule has 1 aromatic heterocycles. The van der Waals surface area contributed by atoms with Crippen molar-refractivity contribution >= 4 is 27.7 Å². The van der Waals surface area contributed by atoms with Gasteiger partial charge in [0.25, 0.3) is 0 Å². The Morgan fingerprint density at radius 3 is 2.68 bits per heavy atom. The minimum atomic E-state index is 0.282. The van der Waals surface area contributed by atoms with Crippen molar-refractivity contribution in [3.63, 3.8) is 0 Å². The van der Waals surface area contributed by atoms with E-state index in [9.17, 15) is 0 Å². The summed E-state index contributed by atoms with van der Waals surface area (Å²) in [5.41, 5.74) is 1.26. The molecule has 0 saturated carbocycles. The van der Waals surface area contributed by atoms with Crippen molar-refractivity contribution in [3.05, 3.63) is 58.0 Å². The summed E-state index contributed by atoms with van der Waals surface area (Å²) < 4.78 is 6.88. The van der Waals surface area contributed by atoms with Crippen LogP contribution in [0.2, 0.25) is 0 Å². The first kappa shape index (κ1) is 14.7. The molecular weight excluding hydrogens is 322 g/mol. The van der Waals surface area contributed by atoms with Crippen molar-refractivity contribution in [2.75, 3.05) is 6.26 Å². The molecule has 1 heterocycles. The van der Waals surface area contributed by atoms with Crippen LogP contribution in [0.5, 0.6) is 0 Å². The lowest BCUT2D eigenvalue weighted by molar-refractivity contribution is 0.442. The average Bonchev–Trinajstić information content (AvgIpc) is 2.85. The third-order valence-electron chi connectivity index (χ3n) is 2.96. The molecule has 0 aliphatic heterocycles. The van der Waals surface area contributed by atoms with E-state index < -0.39 is 0 Å². The van der Waals surface area contributed by atoms with Crippen molar-refractivity contribution in [1.82, 2.24) is 5.32 Å². The molecule has 0 aliphatic rings. The monoisotopic (exact) mass is 339 g/mol. The molecule has 0 spiro atoms. The van der Waals surface area contributed by atoms with Gasteiger partial charge in [0.15, 0.2) is 0 Å². The fourth-order valence-corrected chi connectivity index (χ4v) is 2.99. The first-order chi connectivity index (χ1) is 9.20. The van der Waals surface area contributed by atoms with Gasteiger partial charge in [-0.3, -0.25) is 0 Å². The number of nitrogens with one attached hydrogen (secondary N) is 1. The normalized spacial score (nSPS) is 12.6. The largest absolute Gasteiger partial charge is 0.464 e. The molecular formula is C15H18BrNOS. The van der Waals surface area contributed by atoms with Gasteiger partial charge in [0, 0.05) is 10.5 Å². The van der Waals surface area contributed by atoms with E-state index in [-0.39, 0.29) is 6.04 Å². The lowest BCUT2D eigenvalue weighted by Crippen LogP contribution is -2.18. The topological polar surface area (TPSA) is 25.2 Å². The third-order valence-corrected chi connectivity index (χ3v) is 4.25. The Hall–Kier alpha value is -0.710. The average molecular weight is 340 g/mol. The van der Waals surface area contributed by atoms with Crippen LogP contribution >= 0.6 is 27.7 Å². The van der Waals surface area contributed by atoms with E-state index in [0.717, 1.165) is 28.3 Å². The molecule has 1 unspecified atom stereocenters. The summed E-state index contributed by atoms with van der Waals surface area (Å²) in [7, 11) is 0. The molecule has 4 heteroatoms. The van der Waals surface area contributed by atoms with Crippen LogP contribution in [-0.4, -0.2) is 6.26 Å². The first-order valence-corrected chi connectivity index (χ1v) is 8.43. The second-order valence-electron chi connectivity index (χ2n) is 4.43. The molecule has 0 saturated heterocycles. The Bertz CT molecular complexity index is 526. The number of benzene rings is 1. The maximum absolute atomic E-state index is 5.75. The molecule has 0 fully saturated rings. The second-order valence-corrected chi connectivity index (χ2v) is 6.15. The number of furan rings is 1. The Morgan fingerprint density at radius 2 is 1.95 bits per heavy atom. The van der Waals surface area contributed by atoms with Crippen LogP contribution in [0.25, 0.3) is 0 Å². The van der Waals surface area contributed by atoms with Gasteiger partial charge < -0.3 is 9.73 Å². The highest BCUT2D eigenvalue weighted by atomic mass is 79.9. The molecule has 1 aromatic carbocycles. The van der Waals surface area contributed by atoms with E-state index in [1.54, 1.807) is 11.8 Å². The van der Waals surface area contributed by atoms with Crippen molar-refractivity contribution < 1.29 is 4.42 Å². The maximum Gasteiger partial charge on any atom is 0.118 e. The minimum absolute atomic E-state index is 0.282. The third kappa shape index (κ3) is 4.13. The van der Waals surface area contributed by atoms with Crippen LogP contribution < -0.4 is 5.32 Å². The molecule has 0 amide bonds. The molecule has 1 atom stereocenters. The first-order valence-electron chi connectivity index (χ1n) is 6.25. The van der Waals surface area contributed by atoms with Gasteiger partial charge in [-0.1, -0.05) is 34.1 Å². The van der Waals surface area contributed by atoms with Crippen molar-refractivity contribution in [1.29, 1.82) is 0 Å². The van der Waals surface area contributed by atoms with Crippen molar-refractivity contribution in [2.45, 2.75) is 25.3 Å². The molecule has 102 valence electrons. The zero-order valence-corrected chi connectivity index (χ0v) is 13.6. The fourth-order valence-electron chi connectivity index (χ4n) is 1.93. The molecule has 19 heavy (non-hydrogen) atoms. The highest BCUT2D eigenvalue weighted by Gasteiger charge is 2.09. The summed E-state index contributed by atoms with van der Waals surface area (Å²) >= 11 is 5.35. The maximum atomic E-state index is 5.75. The van der Waals surface area contributed by atoms with Crippen molar-refractivity contribution in [2.24, 2.45) is 0 Å². The standard InChI is InChI=1S/C15H18BrNOS/c1-11(14-5-3-4-6-15(14)16)17-9-12-7-8-13(18-12)10-19-2/h3-8,11,17H,9-10H2,1-2H3. The Kier molecular flexibility index (Phi) is 5.55. The molecule has 0 bridgehead atoms. The minimum Gasteiger partial charge on any atom is -0.464 e. The smallest absolute Gasteiger partial charge is 0.118 e. The van der Waals surface area contributed by atoms with Gasteiger partial charge >= 0.3 is 0 Å². The highest BCUT2D eigenvalue weighted by molar-refractivity contribution is 9.10. The number of thioether (sulfide) groups is 1. The SMILES string of the molecule is CSCc1ccc(CNC(C)c2ccccc2Br)o1. The Labute approximate surface area is 127 Å². The fraction of sp³-hybridized carbons (Fsp3) is 0.333. The lowest BCUT2D eigenvalue weighted by atomic mass is 10.1. The van der Waals surface area contributed by atoms with Crippen LogP contribution in [0.15, 0.2) is 45.3 Å². The molecule has 2 aromatic rings. The summed E-state index contributed by atoms with van der Waals surface area (Å²) in [5.74, 6) is 2.96. The molecule has 0 radical (unpaired) electrons. The van der Waals surface area contributed by atoms with Crippen LogP contribution in [0.1, 0.15) is 30.0 Å². The van der Waals surface area contributed by atoms with Gasteiger partial charge in [-0.15, -0.1) is 0 Å². The van der Waals surface area contributed by atoms with E-state index in [2.05, 4.69) is 58.7 Å². The summed E-state index contributed by atoms with van der Waals surface area (Å²) in [5, 5.41) is 3.48. The number of hydrogen-bond acceptors (Lipinski definition) is 3. The summed E-state index contributed by atoms with van der Waals surface area (Å²) in [6, 6.07) is 12.7. The van der Waals surface area contributed by atoms with Gasteiger partial charge in [0.2, 0.25) is 0 Å². The van der Waals surface area contributed by atoms with E-state index >= 15 is 0 Å². The summed E-state index contributed by atoms with van der Waals surface area (Å²) in [6.07, 6.45) is 2.08. The van der Waals surface area contributed by atoms with Crippen LogP contribution in [0, 0.1) is 0 Å². The Balaban J connectivity index is 1.92. The van der Waals surface area contributed by atoms with Gasteiger partial charge in [0.1, 0.15) is 11.5 Å². The van der Waals surface area contributed by atoms with Gasteiger partial charge in [-0.05, 0) is 36.9 Å². The summed E-state index contributed by atoms with van der Waals surface area (Å²) in [6.45, 7) is 2.91. The molecule has 2 nitrogen and oxygen atoms in total. The van der Waals surface area contributed by atoms with Crippen molar-refractivity contribution in [3.8, 4) is 0 Å². The highest BCUT2D eigenvalue weighted by Crippen LogP contribution is 2.23. The van der Waals surface area contributed by atoms with Gasteiger partial charge in [0.05, 0.1) is 12.3 Å². The number of halogens is 1. The summed E-state index contributed by atoms with van der Waals surface area (Å²) in [4.78, 5) is 0. The molecule has 2 rings (SSSR count). The zero-order chi connectivity index (χ0) is 13.7. The van der Waals surface area contributed by atoms with Crippen LogP contribution in [0.4, 0.5) is 0 Å². The zero-order valence-electron chi connectivity index (χ0n) is 11.2. The van der Waals surface area contributed by atoms with E-state index in [0.29, 0.717) is 0 Å². The lowest BCUT2D eigenvalue weighted by Gasteiger charge is -2.14. The number of rotatable bonds is 6. The van der Waals surface area contributed by atoms with E-state index in [1.807, 2.05) is 12.1 Å². The second kappa shape index (κ2) is 7.17. The van der Waals surface area contributed by atoms with Crippen LogP contribution in [0.3, 0.4) is 0 Å². The predicted octanol–water partition coefficient (Wildman–Crippen LogP) is 4.76. The quantitative estimate of drug-likeness (QED) is 0.821. The molecule has 0 aliphatic carbocycles. The van der Waals surface area contributed by atoms with Gasteiger partial charge in [-0.25, -0.2) is 0 Å². The number of hydrogen-bond donors (Lipinski definition) is 1. The molecule has 1 N–H and O–H groups in total. The van der Waals surface area contributed by atoms with E-state index in [1.165, 1.54) is 5.56 Å². The van der Waals surface area contributed by atoms with Crippen LogP contribution in [-0.2, 0) is 12.3 Å². The Morgan fingerprint density at radius 1 is 1.21 bits per heavy atom. The predicted molar refractivity (Wildman–Crippen MR) is 85.3 cm³/mol.